The fourth-order valence-corrected chi connectivity index (χ4v) is 1.88. The first-order chi connectivity index (χ1) is 8.71. The molecule has 0 aromatic heterocycles. The van der Waals surface area contributed by atoms with E-state index in [2.05, 4.69) is 37.8 Å². The summed E-state index contributed by atoms with van der Waals surface area (Å²) in [6.07, 6.45) is 0.960. The Hall–Kier alpha value is -1.06. The summed E-state index contributed by atoms with van der Waals surface area (Å²) in [6.45, 7) is 10.3. The summed E-state index contributed by atoms with van der Waals surface area (Å²) in [5.74, 6) is 0.925. The highest BCUT2D eigenvalue weighted by molar-refractivity contribution is 5.28. The van der Waals surface area contributed by atoms with Crippen LogP contribution in [0.15, 0.2) is 24.3 Å². The van der Waals surface area contributed by atoms with Gasteiger partial charge in [-0.05, 0) is 37.2 Å². The lowest BCUT2D eigenvalue weighted by Gasteiger charge is -2.18. The fourth-order valence-electron chi connectivity index (χ4n) is 1.88. The molecule has 3 heteroatoms. The molecule has 0 saturated carbocycles. The van der Waals surface area contributed by atoms with Gasteiger partial charge >= 0.3 is 0 Å². The van der Waals surface area contributed by atoms with E-state index in [0.29, 0.717) is 0 Å². The maximum atomic E-state index is 5.97. The van der Waals surface area contributed by atoms with Crippen molar-refractivity contribution in [3.63, 3.8) is 0 Å². The second-order valence-electron chi connectivity index (χ2n) is 4.46. The van der Waals surface area contributed by atoms with E-state index in [1.807, 2.05) is 12.1 Å². The quantitative estimate of drug-likeness (QED) is 0.771. The Morgan fingerprint density at radius 3 is 2.22 bits per heavy atom. The van der Waals surface area contributed by atoms with Gasteiger partial charge in [-0.1, -0.05) is 32.9 Å². The van der Waals surface area contributed by atoms with Gasteiger partial charge in [0.15, 0.2) is 0 Å². The van der Waals surface area contributed by atoms with Crippen molar-refractivity contribution in [2.45, 2.75) is 33.2 Å². The third-order valence-corrected chi connectivity index (χ3v) is 3.32. The van der Waals surface area contributed by atoms with Gasteiger partial charge in [0.1, 0.15) is 12.4 Å². The molecule has 1 aromatic rings. The summed E-state index contributed by atoms with van der Waals surface area (Å²) in [4.78, 5) is 2.35. The highest BCUT2D eigenvalue weighted by atomic mass is 16.5. The van der Waals surface area contributed by atoms with Crippen LogP contribution in [0.1, 0.15) is 38.8 Å². The average molecular weight is 250 g/mol. The number of rotatable bonds is 8. The molecule has 0 aliphatic heterocycles. The highest BCUT2D eigenvalue weighted by Gasteiger charge is 2.03. The number of likely N-dealkylation sites (N-methyl/N-ethyl adjacent to an activating group) is 1. The molecule has 0 aliphatic rings. The minimum atomic E-state index is 0.134. The Morgan fingerprint density at radius 2 is 1.72 bits per heavy atom. The number of nitrogens with two attached hydrogens (primary N) is 1. The van der Waals surface area contributed by atoms with Gasteiger partial charge in [0.25, 0.3) is 0 Å². The van der Waals surface area contributed by atoms with Crippen LogP contribution in [-0.2, 0) is 0 Å². The van der Waals surface area contributed by atoms with E-state index in [1.54, 1.807) is 0 Å². The summed E-state index contributed by atoms with van der Waals surface area (Å²) < 4.78 is 5.73. The van der Waals surface area contributed by atoms with Crippen molar-refractivity contribution in [2.75, 3.05) is 26.2 Å². The van der Waals surface area contributed by atoms with Crippen LogP contribution in [-0.4, -0.2) is 31.1 Å². The first-order valence-corrected chi connectivity index (χ1v) is 6.91. The van der Waals surface area contributed by atoms with Gasteiger partial charge in [0.2, 0.25) is 0 Å². The predicted molar refractivity (Wildman–Crippen MR) is 76.9 cm³/mol. The van der Waals surface area contributed by atoms with Crippen molar-refractivity contribution < 1.29 is 4.74 Å². The molecule has 18 heavy (non-hydrogen) atoms. The van der Waals surface area contributed by atoms with E-state index in [4.69, 9.17) is 10.5 Å². The van der Waals surface area contributed by atoms with Crippen molar-refractivity contribution >= 4 is 0 Å². The molecule has 0 fully saturated rings. The van der Waals surface area contributed by atoms with Gasteiger partial charge in [0, 0.05) is 12.6 Å². The Bertz CT molecular complexity index is 320. The monoisotopic (exact) mass is 250 g/mol. The summed E-state index contributed by atoms with van der Waals surface area (Å²) in [5, 5.41) is 0. The molecule has 0 amide bonds. The molecule has 0 aliphatic carbocycles. The van der Waals surface area contributed by atoms with Gasteiger partial charge in [0.05, 0.1) is 0 Å². The van der Waals surface area contributed by atoms with Crippen LogP contribution in [0.2, 0.25) is 0 Å². The number of ether oxygens (including phenoxy) is 1. The van der Waals surface area contributed by atoms with E-state index in [1.165, 1.54) is 5.56 Å². The van der Waals surface area contributed by atoms with Crippen molar-refractivity contribution in [3.8, 4) is 5.75 Å². The smallest absolute Gasteiger partial charge is 0.119 e. The second-order valence-corrected chi connectivity index (χ2v) is 4.46. The van der Waals surface area contributed by atoms with Crippen LogP contribution in [0.5, 0.6) is 5.75 Å². The van der Waals surface area contributed by atoms with Crippen LogP contribution < -0.4 is 10.5 Å². The molecule has 1 atom stereocenters. The van der Waals surface area contributed by atoms with Gasteiger partial charge in [-0.3, -0.25) is 0 Å². The molecule has 1 rings (SSSR count). The largest absolute Gasteiger partial charge is 0.492 e. The van der Waals surface area contributed by atoms with Gasteiger partial charge in [-0.2, -0.15) is 0 Å². The zero-order valence-electron chi connectivity index (χ0n) is 11.9. The van der Waals surface area contributed by atoms with E-state index < -0.39 is 0 Å². The van der Waals surface area contributed by atoms with E-state index >= 15 is 0 Å². The molecule has 1 unspecified atom stereocenters. The Balaban J connectivity index is 2.39. The summed E-state index contributed by atoms with van der Waals surface area (Å²) in [7, 11) is 0. The molecule has 3 nitrogen and oxygen atoms in total. The zero-order chi connectivity index (χ0) is 13.4. The lowest BCUT2D eigenvalue weighted by atomic mass is 10.1. The molecule has 102 valence electrons. The molecule has 0 heterocycles. The lowest BCUT2D eigenvalue weighted by Crippen LogP contribution is -2.27. The average Bonchev–Trinajstić information content (AvgIpc) is 2.43. The van der Waals surface area contributed by atoms with Gasteiger partial charge in [-0.25, -0.2) is 0 Å². The molecule has 2 N–H and O–H groups in total. The van der Waals surface area contributed by atoms with Crippen molar-refractivity contribution in [1.82, 2.24) is 4.90 Å². The van der Waals surface area contributed by atoms with E-state index in [9.17, 15) is 0 Å². The van der Waals surface area contributed by atoms with Crippen molar-refractivity contribution in [2.24, 2.45) is 5.73 Å². The van der Waals surface area contributed by atoms with Crippen LogP contribution in [0.4, 0.5) is 0 Å². The fraction of sp³-hybridized carbons (Fsp3) is 0.600. The topological polar surface area (TPSA) is 38.5 Å². The minimum absolute atomic E-state index is 0.134. The standard InChI is InChI=1S/C15H26N2O/c1-4-15(16)13-7-9-14(10-8-13)18-12-11-17(5-2)6-3/h7-10,15H,4-6,11-12,16H2,1-3H3. The summed E-state index contributed by atoms with van der Waals surface area (Å²) in [6, 6.07) is 8.26. The zero-order valence-corrected chi connectivity index (χ0v) is 11.9. The Labute approximate surface area is 111 Å². The lowest BCUT2D eigenvalue weighted by molar-refractivity contribution is 0.223. The van der Waals surface area contributed by atoms with Crippen molar-refractivity contribution in [3.05, 3.63) is 29.8 Å². The number of benzene rings is 1. The Kier molecular flexibility index (Phi) is 6.76. The number of nitrogens with zero attached hydrogens (tertiary/aromatic N) is 1. The molecule has 0 radical (unpaired) electrons. The first kappa shape index (κ1) is 15.0. The molecule has 0 spiro atoms. The van der Waals surface area contributed by atoms with Gasteiger partial charge in [-0.15, -0.1) is 0 Å². The number of hydrogen-bond acceptors (Lipinski definition) is 3. The molecule has 0 bridgehead atoms. The first-order valence-electron chi connectivity index (χ1n) is 6.91. The normalized spacial score (nSPS) is 12.7. The second kappa shape index (κ2) is 8.11. The van der Waals surface area contributed by atoms with Crippen LogP contribution >= 0.6 is 0 Å². The summed E-state index contributed by atoms with van der Waals surface area (Å²) >= 11 is 0. The molecule has 0 saturated heterocycles. The number of hydrogen-bond donors (Lipinski definition) is 1. The van der Waals surface area contributed by atoms with Crippen LogP contribution in [0.25, 0.3) is 0 Å². The SMILES string of the molecule is CCC(N)c1ccc(OCCN(CC)CC)cc1. The molecule has 1 aromatic carbocycles. The van der Waals surface area contributed by atoms with E-state index in [0.717, 1.165) is 38.4 Å². The maximum absolute atomic E-state index is 5.97. The van der Waals surface area contributed by atoms with Crippen LogP contribution in [0, 0.1) is 0 Å². The maximum Gasteiger partial charge on any atom is 0.119 e. The van der Waals surface area contributed by atoms with Gasteiger partial charge < -0.3 is 15.4 Å². The van der Waals surface area contributed by atoms with E-state index in [-0.39, 0.29) is 6.04 Å². The third kappa shape index (κ3) is 4.67. The highest BCUT2D eigenvalue weighted by Crippen LogP contribution is 2.18. The summed E-state index contributed by atoms with van der Waals surface area (Å²) in [5.41, 5.74) is 7.15. The Morgan fingerprint density at radius 1 is 1.11 bits per heavy atom. The predicted octanol–water partition coefficient (Wildman–Crippen LogP) is 2.82. The third-order valence-electron chi connectivity index (χ3n) is 3.32. The van der Waals surface area contributed by atoms with Crippen molar-refractivity contribution in [1.29, 1.82) is 0 Å². The molecular weight excluding hydrogens is 224 g/mol. The minimum Gasteiger partial charge on any atom is -0.492 e. The van der Waals surface area contributed by atoms with Crippen LogP contribution in [0.3, 0.4) is 0 Å². The molecular formula is C15H26N2O.